The molecule has 5 nitrogen and oxygen atoms in total. The van der Waals surface area contributed by atoms with Crippen molar-refractivity contribution in [1.82, 2.24) is 5.32 Å². The van der Waals surface area contributed by atoms with Crippen molar-refractivity contribution in [2.24, 2.45) is 5.92 Å². The second kappa shape index (κ2) is 9.65. The maximum Gasteiger partial charge on any atom is 0.133 e. The Kier molecular flexibility index (Phi) is 6.89. The van der Waals surface area contributed by atoms with Crippen LogP contribution in [0.3, 0.4) is 0 Å². The molecule has 172 valence electrons. The number of para-hydroxylation sites is 2. The molecule has 1 saturated carbocycles. The van der Waals surface area contributed by atoms with Crippen molar-refractivity contribution >= 4 is 0 Å². The Bertz CT molecular complexity index is 927. The summed E-state index contributed by atoms with van der Waals surface area (Å²) >= 11 is 0. The second-order valence-corrected chi connectivity index (χ2v) is 9.45. The number of fused-ring (bicyclic) bond motifs is 3. The molecule has 2 aromatic carbocycles. The van der Waals surface area contributed by atoms with Crippen LogP contribution in [0.25, 0.3) is 0 Å². The topological polar surface area (TPSA) is 71.0 Å². The lowest BCUT2D eigenvalue weighted by molar-refractivity contribution is -0.00221. The van der Waals surface area contributed by atoms with Gasteiger partial charge in [0.2, 0.25) is 0 Å². The number of rotatable bonds is 9. The predicted molar refractivity (Wildman–Crippen MR) is 126 cm³/mol. The molecule has 5 heteroatoms. The van der Waals surface area contributed by atoms with Gasteiger partial charge >= 0.3 is 0 Å². The first-order valence-corrected chi connectivity index (χ1v) is 11.6. The van der Waals surface area contributed by atoms with Crippen molar-refractivity contribution in [3.8, 4) is 11.5 Å². The molecule has 2 aromatic rings. The summed E-state index contributed by atoms with van der Waals surface area (Å²) in [5.74, 6) is 1.72. The van der Waals surface area contributed by atoms with Crippen LogP contribution in [0.15, 0.2) is 60.7 Å². The van der Waals surface area contributed by atoms with E-state index in [0.29, 0.717) is 6.42 Å². The van der Waals surface area contributed by atoms with E-state index in [9.17, 15) is 10.2 Å². The van der Waals surface area contributed by atoms with E-state index in [4.69, 9.17) is 9.47 Å². The molecule has 0 amide bonds. The summed E-state index contributed by atoms with van der Waals surface area (Å²) in [5.41, 5.74) is 1.62. The molecule has 0 radical (unpaired) electrons. The van der Waals surface area contributed by atoms with Gasteiger partial charge in [-0.05, 0) is 58.0 Å². The third-order valence-electron chi connectivity index (χ3n) is 6.71. The van der Waals surface area contributed by atoms with Crippen LogP contribution >= 0.6 is 0 Å². The third kappa shape index (κ3) is 4.70. The van der Waals surface area contributed by atoms with Crippen molar-refractivity contribution < 1.29 is 19.7 Å². The first-order valence-electron chi connectivity index (χ1n) is 11.6. The quantitative estimate of drug-likeness (QED) is 0.411. The first-order chi connectivity index (χ1) is 15.4. The molecular weight excluding hydrogens is 402 g/mol. The van der Waals surface area contributed by atoms with Gasteiger partial charge in [0, 0.05) is 23.8 Å². The summed E-state index contributed by atoms with van der Waals surface area (Å²) in [6.45, 7) is 4.71. The second-order valence-electron chi connectivity index (χ2n) is 9.45. The molecule has 1 heterocycles. The highest BCUT2D eigenvalue weighted by Crippen LogP contribution is 2.52. The summed E-state index contributed by atoms with van der Waals surface area (Å²) in [5, 5.41) is 24.8. The molecule has 1 fully saturated rings. The molecule has 2 aliphatic rings. The standard InChI is InChI=1S/C27H35NO4/c1-27(2,32-19-11-5-4-6-12-19)24(30)15-14-20-22(29)17-23-25(20)21-13-7-9-18(26(21)31-23)10-8-16-28-3/h4-7,9,11-15,20,22-25,28-30H,8,10,16-17H2,1-3H3/b15-14+/t20-,22+,23-,24+,25-/m0/s1. The van der Waals surface area contributed by atoms with E-state index in [2.05, 4.69) is 23.5 Å². The average molecular weight is 438 g/mol. The Morgan fingerprint density at radius 2 is 1.97 bits per heavy atom. The fraction of sp³-hybridized carbons (Fsp3) is 0.481. The van der Waals surface area contributed by atoms with E-state index in [0.717, 1.165) is 30.9 Å². The number of ether oxygens (including phenoxy) is 2. The Labute approximate surface area is 191 Å². The van der Waals surface area contributed by atoms with Gasteiger partial charge < -0.3 is 25.0 Å². The van der Waals surface area contributed by atoms with E-state index in [1.807, 2.05) is 57.3 Å². The van der Waals surface area contributed by atoms with Gasteiger partial charge in [0.1, 0.15) is 29.3 Å². The molecule has 0 saturated heterocycles. The van der Waals surface area contributed by atoms with Crippen molar-refractivity contribution in [2.45, 2.75) is 62.9 Å². The first kappa shape index (κ1) is 22.8. The van der Waals surface area contributed by atoms with Crippen LogP contribution in [0.1, 0.15) is 43.7 Å². The fourth-order valence-corrected chi connectivity index (χ4v) is 4.94. The number of hydrogen-bond acceptors (Lipinski definition) is 5. The largest absolute Gasteiger partial charge is 0.489 e. The number of aliphatic hydroxyl groups is 2. The Morgan fingerprint density at radius 3 is 2.72 bits per heavy atom. The third-order valence-corrected chi connectivity index (χ3v) is 6.71. The molecule has 0 bridgehead atoms. The van der Waals surface area contributed by atoms with Crippen LogP contribution < -0.4 is 14.8 Å². The SMILES string of the molecule is CNCCCc1cccc2c1O[C@H]1C[C@@H](O)[C@H](/C=C/[C@@H](O)C(C)(C)Oc3ccccc3)[C@@H]21. The highest BCUT2D eigenvalue weighted by atomic mass is 16.5. The van der Waals surface area contributed by atoms with Crippen molar-refractivity contribution in [3.63, 3.8) is 0 Å². The lowest BCUT2D eigenvalue weighted by Crippen LogP contribution is -2.41. The number of nitrogens with one attached hydrogen (secondary N) is 1. The van der Waals surface area contributed by atoms with Gasteiger partial charge in [-0.3, -0.25) is 0 Å². The van der Waals surface area contributed by atoms with Gasteiger partial charge in [0.15, 0.2) is 0 Å². The predicted octanol–water partition coefficient (Wildman–Crippen LogP) is 3.84. The van der Waals surface area contributed by atoms with Crippen molar-refractivity contribution in [3.05, 3.63) is 71.8 Å². The number of aliphatic hydroxyl groups excluding tert-OH is 2. The van der Waals surface area contributed by atoms with Crippen LogP contribution in [0.5, 0.6) is 11.5 Å². The molecule has 32 heavy (non-hydrogen) atoms. The summed E-state index contributed by atoms with van der Waals surface area (Å²) < 4.78 is 12.4. The van der Waals surface area contributed by atoms with Crippen LogP contribution in [0, 0.1) is 5.92 Å². The number of hydrogen-bond donors (Lipinski definition) is 3. The highest BCUT2D eigenvalue weighted by Gasteiger charge is 2.49. The molecule has 5 atom stereocenters. The van der Waals surface area contributed by atoms with Gasteiger partial charge in [-0.2, -0.15) is 0 Å². The summed E-state index contributed by atoms with van der Waals surface area (Å²) in [7, 11) is 1.97. The van der Waals surface area contributed by atoms with Crippen LogP contribution in [-0.2, 0) is 6.42 Å². The van der Waals surface area contributed by atoms with Crippen LogP contribution in [0.2, 0.25) is 0 Å². The molecular formula is C27H35NO4. The molecule has 1 aliphatic carbocycles. The average Bonchev–Trinajstić information content (AvgIpc) is 3.28. The molecule has 4 rings (SSSR count). The summed E-state index contributed by atoms with van der Waals surface area (Å²) in [6.07, 6.45) is 5.03. The van der Waals surface area contributed by atoms with E-state index in [1.54, 1.807) is 6.08 Å². The van der Waals surface area contributed by atoms with Crippen molar-refractivity contribution in [1.29, 1.82) is 0 Å². The number of benzene rings is 2. The maximum absolute atomic E-state index is 10.9. The zero-order valence-corrected chi connectivity index (χ0v) is 19.2. The van der Waals surface area contributed by atoms with E-state index >= 15 is 0 Å². The zero-order chi connectivity index (χ0) is 22.7. The summed E-state index contributed by atoms with van der Waals surface area (Å²) in [6, 6.07) is 15.9. The lowest BCUT2D eigenvalue weighted by Gasteiger charge is -2.30. The van der Waals surface area contributed by atoms with Gasteiger partial charge in [-0.15, -0.1) is 0 Å². The van der Waals surface area contributed by atoms with Crippen LogP contribution in [0.4, 0.5) is 0 Å². The van der Waals surface area contributed by atoms with Gasteiger partial charge in [-0.1, -0.05) is 48.6 Å². The van der Waals surface area contributed by atoms with Crippen LogP contribution in [-0.4, -0.2) is 47.7 Å². The van der Waals surface area contributed by atoms with Gasteiger partial charge in [0.05, 0.1) is 6.10 Å². The van der Waals surface area contributed by atoms with Gasteiger partial charge in [0.25, 0.3) is 0 Å². The minimum absolute atomic E-state index is 0.0224. The minimum atomic E-state index is -0.816. The molecule has 3 N–H and O–H groups in total. The highest BCUT2D eigenvalue weighted by molar-refractivity contribution is 5.49. The lowest BCUT2D eigenvalue weighted by atomic mass is 9.86. The smallest absolute Gasteiger partial charge is 0.133 e. The normalized spacial score (nSPS) is 25.4. The summed E-state index contributed by atoms with van der Waals surface area (Å²) in [4.78, 5) is 0. The Balaban J connectivity index is 1.49. The minimum Gasteiger partial charge on any atom is -0.489 e. The molecule has 0 spiro atoms. The zero-order valence-electron chi connectivity index (χ0n) is 19.2. The molecule has 0 aromatic heterocycles. The Hall–Kier alpha value is -2.34. The van der Waals surface area contributed by atoms with Gasteiger partial charge in [-0.25, -0.2) is 0 Å². The Morgan fingerprint density at radius 1 is 1.19 bits per heavy atom. The maximum atomic E-state index is 10.9. The monoisotopic (exact) mass is 437 g/mol. The number of aryl methyl sites for hydroxylation is 1. The van der Waals surface area contributed by atoms with Crippen molar-refractivity contribution in [2.75, 3.05) is 13.6 Å². The molecule has 1 aliphatic heterocycles. The van der Waals surface area contributed by atoms with E-state index < -0.39 is 17.8 Å². The van der Waals surface area contributed by atoms with E-state index in [1.165, 1.54) is 11.1 Å². The van der Waals surface area contributed by atoms with E-state index in [-0.39, 0.29) is 17.9 Å². The fourth-order valence-electron chi connectivity index (χ4n) is 4.94. The molecule has 0 unspecified atom stereocenters.